The van der Waals surface area contributed by atoms with E-state index in [0.717, 1.165) is 6.42 Å². The highest BCUT2D eigenvalue weighted by molar-refractivity contribution is 4.79. The molecule has 2 nitrogen and oxygen atoms in total. The average Bonchev–Trinajstić information content (AvgIpc) is 2.32. The van der Waals surface area contributed by atoms with Gasteiger partial charge in [-0.05, 0) is 25.7 Å². The Morgan fingerprint density at radius 2 is 2.27 bits per heavy atom. The van der Waals surface area contributed by atoms with Crippen molar-refractivity contribution in [1.82, 2.24) is 0 Å². The van der Waals surface area contributed by atoms with Crippen LogP contribution in [0.1, 0.15) is 33.1 Å². The highest BCUT2D eigenvalue weighted by atomic mass is 16.5. The topological polar surface area (TPSA) is 29.5 Å². The monoisotopic (exact) mass is 158 g/mol. The maximum Gasteiger partial charge on any atom is 0.0838 e. The summed E-state index contributed by atoms with van der Waals surface area (Å²) >= 11 is 0. The van der Waals surface area contributed by atoms with E-state index in [0.29, 0.717) is 12.0 Å². The molecule has 0 aliphatic carbocycles. The quantitative estimate of drug-likeness (QED) is 0.675. The largest absolute Gasteiger partial charge is 0.394 e. The average molecular weight is 158 g/mol. The van der Waals surface area contributed by atoms with Crippen LogP contribution in [0.3, 0.4) is 0 Å². The molecule has 1 heterocycles. The summed E-state index contributed by atoms with van der Waals surface area (Å²) in [6.45, 7) is 4.45. The van der Waals surface area contributed by atoms with Gasteiger partial charge in [-0.1, -0.05) is 13.3 Å². The molecule has 1 aliphatic rings. The van der Waals surface area contributed by atoms with Crippen LogP contribution in [0.2, 0.25) is 0 Å². The van der Waals surface area contributed by atoms with Gasteiger partial charge in [-0.25, -0.2) is 0 Å². The third kappa shape index (κ3) is 2.17. The lowest BCUT2D eigenvalue weighted by Gasteiger charge is -2.14. The molecule has 2 heteroatoms. The Morgan fingerprint density at radius 1 is 1.55 bits per heavy atom. The van der Waals surface area contributed by atoms with E-state index in [1.807, 2.05) is 0 Å². The molecule has 1 rings (SSSR count). The van der Waals surface area contributed by atoms with Crippen LogP contribution in [0.4, 0.5) is 0 Å². The number of aliphatic hydroxyl groups excluding tert-OH is 1. The number of hydrogen-bond donors (Lipinski definition) is 1. The van der Waals surface area contributed by atoms with Gasteiger partial charge in [-0.3, -0.25) is 0 Å². The van der Waals surface area contributed by atoms with Gasteiger partial charge in [-0.15, -0.1) is 0 Å². The molecule has 1 aliphatic heterocycles. The molecule has 11 heavy (non-hydrogen) atoms. The van der Waals surface area contributed by atoms with Crippen molar-refractivity contribution in [2.75, 3.05) is 6.61 Å². The van der Waals surface area contributed by atoms with Gasteiger partial charge in [0, 0.05) is 0 Å². The Bertz CT molecular complexity index is 114. The molecule has 1 saturated heterocycles. The van der Waals surface area contributed by atoms with E-state index in [4.69, 9.17) is 9.84 Å². The molecule has 0 radical (unpaired) electrons. The molecule has 1 N–H and O–H groups in total. The molecule has 1 fully saturated rings. The van der Waals surface area contributed by atoms with Gasteiger partial charge in [0.15, 0.2) is 0 Å². The zero-order chi connectivity index (χ0) is 8.27. The van der Waals surface area contributed by atoms with Crippen molar-refractivity contribution in [3.8, 4) is 0 Å². The molecule has 0 spiro atoms. The Kier molecular flexibility index (Phi) is 3.34. The number of aliphatic hydroxyl groups is 1. The summed E-state index contributed by atoms with van der Waals surface area (Å²) in [5.74, 6) is 0.597. The molecule has 0 aromatic carbocycles. The van der Waals surface area contributed by atoms with E-state index >= 15 is 0 Å². The smallest absolute Gasteiger partial charge is 0.0838 e. The summed E-state index contributed by atoms with van der Waals surface area (Å²) in [7, 11) is 0. The van der Waals surface area contributed by atoms with Crippen LogP contribution >= 0.6 is 0 Å². The molecular weight excluding hydrogens is 140 g/mol. The first-order chi connectivity index (χ1) is 5.27. The van der Waals surface area contributed by atoms with Gasteiger partial charge < -0.3 is 9.84 Å². The Balaban J connectivity index is 2.37. The van der Waals surface area contributed by atoms with Gasteiger partial charge in [-0.2, -0.15) is 0 Å². The zero-order valence-electron chi connectivity index (χ0n) is 7.42. The van der Waals surface area contributed by atoms with Crippen molar-refractivity contribution in [1.29, 1.82) is 0 Å². The minimum atomic E-state index is 0.116. The lowest BCUT2D eigenvalue weighted by Crippen LogP contribution is -2.20. The summed E-state index contributed by atoms with van der Waals surface area (Å²) < 4.78 is 5.53. The molecule has 3 atom stereocenters. The van der Waals surface area contributed by atoms with E-state index in [1.165, 1.54) is 12.8 Å². The first-order valence-corrected chi connectivity index (χ1v) is 4.54. The van der Waals surface area contributed by atoms with Crippen molar-refractivity contribution in [2.24, 2.45) is 5.92 Å². The molecular formula is C9H18O2. The number of rotatable bonds is 3. The van der Waals surface area contributed by atoms with Crippen LogP contribution in [-0.4, -0.2) is 23.9 Å². The Hall–Kier alpha value is -0.0800. The maximum atomic E-state index is 8.96. The van der Waals surface area contributed by atoms with Crippen molar-refractivity contribution < 1.29 is 9.84 Å². The first-order valence-electron chi connectivity index (χ1n) is 4.54. The van der Waals surface area contributed by atoms with Gasteiger partial charge in [0.1, 0.15) is 0 Å². The Labute approximate surface area is 68.6 Å². The third-order valence-electron chi connectivity index (χ3n) is 2.41. The predicted octanol–water partition coefficient (Wildman–Crippen LogP) is 1.57. The fourth-order valence-corrected chi connectivity index (χ4v) is 1.91. The third-order valence-corrected chi connectivity index (χ3v) is 2.41. The van der Waals surface area contributed by atoms with Gasteiger partial charge in [0.05, 0.1) is 18.8 Å². The van der Waals surface area contributed by atoms with Crippen LogP contribution in [0.15, 0.2) is 0 Å². The summed E-state index contributed by atoms with van der Waals surface area (Å²) in [4.78, 5) is 0. The summed E-state index contributed by atoms with van der Waals surface area (Å²) in [5, 5.41) is 8.96. The fourth-order valence-electron chi connectivity index (χ4n) is 1.91. The molecule has 0 unspecified atom stereocenters. The lowest BCUT2D eigenvalue weighted by molar-refractivity contribution is 0.00556. The van der Waals surface area contributed by atoms with Gasteiger partial charge in [0.25, 0.3) is 0 Å². The fraction of sp³-hybridized carbons (Fsp3) is 1.00. The van der Waals surface area contributed by atoms with Crippen molar-refractivity contribution in [3.05, 3.63) is 0 Å². The SMILES string of the molecule is CCC[C@@H]1C[C@H](C)O[C@@H]1CO. The second-order valence-electron chi connectivity index (χ2n) is 3.45. The predicted molar refractivity (Wildman–Crippen MR) is 44.4 cm³/mol. The van der Waals surface area contributed by atoms with E-state index in [2.05, 4.69) is 13.8 Å². The second-order valence-corrected chi connectivity index (χ2v) is 3.45. The standard InChI is InChI=1S/C9H18O2/c1-3-4-8-5-7(2)11-9(8)6-10/h7-10H,3-6H2,1-2H3/t7-,8+,9+/m0/s1. The summed E-state index contributed by atoms with van der Waals surface area (Å²) in [5.41, 5.74) is 0. The second kappa shape index (κ2) is 4.07. The van der Waals surface area contributed by atoms with E-state index in [-0.39, 0.29) is 12.7 Å². The molecule has 66 valence electrons. The molecule has 0 amide bonds. The molecule has 0 bridgehead atoms. The van der Waals surface area contributed by atoms with Crippen molar-refractivity contribution in [2.45, 2.75) is 45.3 Å². The van der Waals surface area contributed by atoms with Crippen molar-refractivity contribution >= 4 is 0 Å². The lowest BCUT2D eigenvalue weighted by atomic mass is 9.95. The van der Waals surface area contributed by atoms with Crippen LogP contribution in [-0.2, 0) is 4.74 Å². The van der Waals surface area contributed by atoms with E-state index < -0.39 is 0 Å². The normalized spacial score (nSPS) is 37.9. The minimum absolute atomic E-state index is 0.116. The zero-order valence-corrected chi connectivity index (χ0v) is 7.42. The number of hydrogen-bond acceptors (Lipinski definition) is 2. The Morgan fingerprint density at radius 3 is 2.82 bits per heavy atom. The number of ether oxygens (including phenoxy) is 1. The molecule has 0 aromatic heterocycles. The van der Waals surface area contributed by atoms with Crippen LogP contribution in [0.25, 0.3) is 0 Å². The summed E-state index contributed by atoms with van der Waals surface area (Å²) in [6, 6.07) is 0. The highest BCUT2D eigenvalue weighted by Crippen LogP contribution is 2.29. The van der Waals surface area contributed by atoms with Gasteiger partial charge in [0.2, 0.25) is 0 Å². The molecule has 0 aromatic rings. The van der Waals surface area contributed by atoms with Crippen LogP contribution in [0, 0.1) is 5.92 Å². The minimum Gasteiger partial charge on any atom is -0.394 e. The van der Waals surface area contributed by atoms with E-state index in [1.54, 1.807) is 0 Å². The summed E-state index contributed by atoms with van der Waals surface area (Å²) in [6.07, 6.45) is 3.97. The van der Waals surface area contributed by atoms with Crippen molar-refractivity contribution in [3.63, 3.8) is 0 Å². The first kappa shape index (κ1) is 9.01. The van der Waals surface area contributed by atoms with Crippen LogP contribution < -0.4 is 0 Å². The molecule has 0 saturated carbocycles. The highest BCUT2D eigenvalue weighted by Gasteiger charge is 2.31. The van der Waals surface area contributed by atoms with Gasteiger partial charge >= 0.3 is 0 Å². The van der Waals surface area contributed by atoms with E-state index in [9.17, 15) is 0 Å². The maximum absolute atomic E-state index is 8.96. The van der Waals surface area contributed by atoms with Crippen LogP contribution in [0.5, 0.6) is 0 Å².